The van der Waals surface area contributed by atoms with Gasteiger partial charge in [0.05, 0.1) is 35.9 Å². The minimum atomic E-state index is -3.86. The first-order chi connectivity index (χ1) is 17.8. The predicted molar refractivity (Wildman–Crippen MR) is 143 cm³/mol. The summed E-state index contributed by atoms with van der Waals surface area (Å²) < 4.78 is 46.9. The highest BCUT2D eigenvalue weighted by Crippen LogP contribution is 2.24. The Labute approximate surface area is 219 Å². The van der Waals surface area contributed by atoms with Gasteiger partial charge in [0.1, 0.15) is 11.5 Å². The van der Waals surface area contributed by atoms with E-state index in [0.717, 1.165) is 10.2 Å². The van der Waals surface area contributed by atoms with Gasteiger partial charge in [0.15, 0.2) is 4.80 Å². The quantitative estimate of drug-likeness (QED) is 0.300. The number of amides is 1. The van der Waals surface area contributed by atoms with Gasteiger partial charge < -0.3 is 18.8 Å². The lowest BCUT2D eigenvalue weighted by atomic mass is 10.2. The lowest BCUT2D eigenvalue weighted by molar-refractivity contribution is 0.0996. The maximum Gasteiger partial charge on any atom is 0.279 e. The molecule has 0 fully saturated rings. The van der Waals surface area contributed by atoms with Crippen LogP contribution in [0, 0.1) is 0 Å². The van der Waals surface area contributed by atoms with Crippen molar-refractivity contribution < 1.29 is 27.4 Å². The van der Waals surface area contributed by atoms with E-state index in [2.05, 4.69) is 9.71 Å². The van der Waals surface area contributed by atoms with Crippen molar-refractivity contribution in [2.75, 3.05) is 32.2 Å². The third-order valence-electron chi connectivity index (χ3n) is 5.48. The Balaban J connectivity index is 1.64. The molecule has 0 aliphatic heterocycles. The molecule has 4 aromatic rings. The van der Waals surface area contributed by atoms with Gasteiger partial charge >= 0.3 is 0 Å². The number of thiazole rings is 1. The van der Waals surface area contributed by atoms with Gasteiger partial charge in [0.25, 0.3) is 15.9 Å². The first kappa shape index (κ1) is 26.4. The van der Waals surface area contributed by atoms with E-state index in [1.165, 1.54) is 36.6 Å². The number of sulfonamides is 1. The van der Waals surface area contributed by atoms with E-state index in [1.807, 2.05) is 29.7 Å². The Kier molecular flexibility index (Phi) is 8.27. The fourth-order valence-corrected chi connectivity index (χ4v) is 5.75. The number of nitrogens with zero attached hydrogens (tertiary/aromatic N) is 2. The molecule has 1 aromatic heterocycles. The first-order valence-electron chi connectivity index (χ1n) is 11.5. The molecule has 194 valence electrons. The largest absolute Gasteiger partial charge is 0.497 e. The van der Waals surface area contributed by atoms with Crippen molar-refractivity contribution in [1.82, 2.24) is 4.57 Å². The molecular formula is C26H27N3O6S2. The summed E-state index contributed by atoms with van der Waals surface area (Å²) in [5, 5.41) is 0. The SMILES string of the molecule is CCOCCn1c(=NC(=O)c2cccc(NS(=O)(=O)c3ccc(OC)cc3)c2)sc2cc(OC)ccc21. The van der Waals surface area contributed by atoms with Gasteiger partial charge in [0, 0.05) is 24.4 Å². The normalized spacial score (nSPS) is 12.0. The highest BCUT2D eigenvalue weighted by Gasteiger charge is 2.16. The summed E-state index contributed by atoms with van der Waals surface area (Å²) >= 11 is 1.37. The van der Waals surface area contributed by atoms with E-state index in [0.29, 0.717) is 36.1 Å². The van der Waals surface area contributed by atoms with E-state index < -0.39 is 15.9 Å². The van der Waals surface area contributed by atoms with Crippen LogP contribution in [-0.4, -0.2) is 46.3 Å². The second-order valence-electron chi connectivity index (χ2n) is 7.85. The number of rotatable bonds is 10. The molecule has 0 unspecified atom stereocenters. The van der Waals surface area contributed by atoms with Crippen molar-refractivity contribution in [2.45, 2.75) is 18.4 Å². The summed E-state index contributed by atoms with van der Waals surface area (Å²) in [6.45, 7) is 3.50. The van der Waals surface area contributed by atoms with E-state index in [-0.39, 0.29) is 16.1 Å². The number of carbonyl (C=O) groups is 1. The molecule has 37 heavy (non-hydrogen) atoms. The summed E-state index contributed by atoms with van der Waals surface area (Å²) in [7, 11) is -0.753. The molecule has 4 rings (SSSR count). The Bertz CT molecular complexity index is 1570. The fourth-order valence-electron chi connectivity index (χ4n) is 3.62. The number of hydrogen-bond acceptors (Lipinski definition) is 7. The maximum atomic E-state index is 13.1. The number of fused-ring (bicyclic) bond motifs is 1. The smallest absolute Gasteiger partial charge is 0.279 e. The van der Waals surface area contributed by atoms with E-state index >= 15 is 0 Å². The van der Waals surface area contributed by atoms with Crippen LogP contribution in [0.1, 0.15) is 17.3 Å². The van der Waals surface area contributed by atoms with Gasteiger partial charge in [0.2, 0.25) is 0 Å². The molecule has 0 bridgehead atoms. The minimum Gasteiger partial charge on any atom is -0.497 e. The molecule has 0 saturated heterocycles. The molecule has 0 atom stereocenters. The molecule has 1 N–H and O–H groups in total. The number of methoxy groups -OCH3 is 2. The average Bonchev–Trinajstić information content (AvgIpc) is 3.24. The van der Waals surface area contributed by atoms with Crippen LogP contribution in [-0.2, 0) is 21.3 Å². The number of nitrogens with one attached hydrogen (secondary N) is 1. The second-order valence-corrected chi connectivity index (χ2v) is 10.5. The maximum absolute atomic E-state index is 13.1. The number of aromatic nitrogens is 1. The van der Waals surface area contributed by atoms with E-state index in [1.54, 1.807) is 37.4 Å². The van der Waals surface area contributed by atoms with Crippen LogP contribution < -0.4 is 19.0 Å². The molecule has 0 spiro atoms. The molecule has 11 heteroatoms. The lowest BCUT2D eigenvalue weighted by Crippen LogP contribution is -2.20. The highest BCUT2D eigenvalue weighted by atomic mass is 32.2. The van der Waals surface area contributed by atoms with Crippen LogP contribution >= 0.6 is 11.3 Å². The molecule has 0 radical (unpaired) electrons. The second kappa shape index (κ2) is 11.6. The third-order valence-corrected chi connectivity index (χ3v) is 7.92. The van der Waals surface area contributed by atoms with Crippen molar-refractivity contribution >= 4 is 43.2 Å². The Morgan fingerprint density at radius 2 is 1.73 bits per heavy atom. The molecule has 1 amide bonds. The lowest BCUT2D eigenvalue weighted by Gasteiger charge is -2.09. The predicted octanol–water partition coefficient (Wildman–Crippen LogP) is 4.30. The summed E-state index contributed by atoms with van der Waals surface area (Å²) in [6, 6.07) is 17.9. The standard InChI is InChI=1S/C26H27N3O6S2/c1-4-35-15-14-29-23-13-10-21(34-3)17-24(23)36-26(29)27-25(30)18-6-5-7-19(16-18)28-37(31,32)22-11-8-20(33-2)9-12-22/h5-13,16-17,28H,4,14-15H2,1-3H3. The number of anilines is 1. The molecular weight excluding hydrogens is 514 g/mol. The summed E-state index contributed by atoms with van der Waals surface area (Å²) in [5.41, 5.74) is 1.42. The molecule has 9 nitrogen and oxygen atoms in total. The summed E-state index contributed by atoms with van der Waals surface area (Å²) in [5.74, 6) is 0.765. The van der Waals surface area contributed by atoms with Crippen LogP contribution in [0.4, 0.5) is 5.69 Å². The Morgan fingerprint density at radius 1 is 1.00 bits per heavy atom. The number of carbonyl (C=O) groups excluding carboxylic acids is 1. The van der Waals surface area contributed by atoms with Gasteiger partial charge in [-0.15, -0.1) is 0 Å². The van der Waals surface area contributed by atoms with Crippen LogP contribution in [0.15, 0.2) is 76.6 Å². The molecule has 1 heterocycles. The Morgan fingerprint density at radius 3 is 2.43 bits per heavy atom. The molecule has 3 aromatic carbocycles. The first-order valence-corrected chi connectivity index (χ1v) is 13.8. The van der Waals surface area contributed by atoms with Gasteiger partial charge in [-0.3, -0.25) is 9.52 Å². The number of ether oxygens (including phenoxy) is 3. The van der Waals surface area contributed by atoms with Crippen molar-refractivity contribution in [3.8, 4) is 11.5 Å². The zero-order valence-corrected chi connectivity index (χ0v) is 22.3. The van der Waals surface area contributed by atoms with Crippen LogP contribution in [0.25, 0.3) is 10.2 Å². The molecule has 0 saturated carbocycles. The zero-order chi connectivity index (χ0) is 26.4. The van der Waals surface area contributed by atoms with E-state index in [4.69, 9.17) is 14.2 Å². The average molecular weight is 542 g/mol. The van der Waals surface area contributed by atoms with Crippen LogP contribution in [0.5, 0.6) is 11.5 Å². The molecule has 0 aliphatic rings. The number of benzene rings is 3. The van der Waals surface area contributed by atoms with Crippen molar-refractivity contribution in [2.24, 2.45) is 4.99 Å². The van der Waals surface area contributed by atoms with Gasteiger partial charge in [-0.25, -0.2) is 8.42 Å². The highest BCUT2D eigenvalue weighted by molar-refractivity contribution is 7.92. The van der Waals surface area contributed by atoms with Crippen LogP contribution in [0.2, 0.25) is 0 Å². The van der Waals surface area contributed by atoms with Gasteiger partial charge in [-0.05, 0) is 67.6 Å². The zero-order valence-electron chi connectivity index (χ0n) is 20.6. The monoisotopic (exact) mass is 541 g/mol. The topological polar surface area (TPSA) is 108 Å². The third kappa shape index (κ3) is 6.19. The van der Waals surface area contributed by atoms with Crippen LogP contribution in [0.3, 0.4) is 0 Å². The van der Waals surface area contributed by atoms with Gasteiger partial charge in [-0.2, -0.15) is 4.99 Å². The van der Waals surface area contributed by atoms with Gasteiger partial charge in [-0.1, -0.05) is 17.4 Å². The molecule has 0 aliphatic carbocycles. The number of hydrogen-bond donors (Lipinski definition) is 1. The summed E-state index contributed by atoms with van der Waals surface area (Å²) in [6.07, 6.45) is 0. The fraction of sp³-hybridized carbons (Fsp3) is 0.231. The van der Waals surface area contributed by atoms with E-state index in [9.17, 15) is 13.2 Å². The van der Waals surface area contributed by atoms with Crippen molar-refractivity contribution in [3.63, 3.8) is 0 Å². The van der Waals surface area contributed by atoms with Crippen molar-refractivity contribution in [1.29, 1.82) is 0 Å². The van der Waals surface area contributed by atoms with Crippen molar-refractivity contribution in [3.05, 3.63) is 77.1 Å². The minimum absolute atomic E-state index is 0.0748. The Hall–Kier alpha value is -3.67. The summed E-state index contributed by atoms with van der Waals surface area (Å²) in [4.78, 5) is 18.1.